The standard InChI is InChI=1S/C16H22N2O4/c1-16(2,15(20)21)18(3)14(19)11-8-9-13(17-10-11)22-12-6-4-5-7-12/h8-10,12H,4-7H2,1-3H3,(H,20,21). The van der Waals surface area contributed by atoms with Gasteiger partial charge in [0.2, 0.25) is 5.88 Å². The molecule has 0 bridgehead atoms. The van der Waals surface area contributed by atoms with Gasteiger partial charge in [-0.2, -0.15) is 0 Å². The van der Waals surface area contributed by atoms with Crippen LogP contribution in [0.15, 0.2) is 18.3 Å². The molecule has 6 nitrogen and oxygen atoms in total. The minimum atomic E-state index is -1.28. The quantitative estimate of drug-likeness (QED) is 0.903. The Bertz CT molecular complexity index is 548. The van der Waals surface area contributed by atoms with E-state index in [0.717, 1.165) is 12.8 Å². The lowest BCUT2D eigenvalue weighted by Crippen LogP contribution is -2.50. The summed E-state index contributed by atoms with van der Waals surface area (Å²) in [5.41, 5.74) is -0.938. The second kappa shape index (κ2) is 6.34. The molecule has 0 unspecified atom stereocenters. The molecule has 0 spiro atoms. The zero-order chi connectivity index (χ0) is 16.3. The Morgan fingerprint density at radius 2 is 1.95 bits per heavy atom. The molecule has 1 aliphatic rings. The van der Waals surface area contributed by atoms with Gasteiger partial charge in [0.1, 0.15) is 11.6 Å². The van der Waals surface area contributed by atoms with Crippen LogP contribution in [0.4, 0.5) is 0 Å². The summed E-state index contributed by atoms with van der Waals surface area (Å²) < 4.78 is 5.75. The molecule has 1 aromatic heterocycles. The number of carboxylic acid groups (broad SMARTS) is 1. The Morgan fingerprint density at radius 1 is 1.32 bits per heavy atom. The molecule has 1 amide bonds. The largest absolute Gasteiger partial charge is 0.480 e. The van der Waals surface area contributed by atoms with E-state index in [9.17, 15) is 14.7 Å². The number of carbonyl (C=O) groups is 2. The van der Waals surface area contributed by atoms with E-state index in [0.29, 0.717) is 11.4 Å². The zero-order valence-electron chi connectivity index (χ0n) is 13.2. The molecular weight excluding hydrogens is 284 g/mol. The SMILES string of the molecule is CN(C(=O)c1ccc(OC2CCCC2)nc1)C(C)(C)C(=O)O. The fourth-order valence-corrected chi connectivity index (χ4v) is 2.34. The molecule has 0 atom stereocenters. The number of nitrogens with zero attached hydrogens (tertiary/aromatic N) is 2. The second-order valence-electron chi connectivity index (χ2n) is 6.14. The van der Waals surface area contributed by atoms with E-state index in [4.69, 9.17) is 4.74 Å². The lowest BCUT2D eigenvalue weighted by molar-refractivity contribution is -0.147. The molecule has 0 aliphatic heterocycles. The van der Waals surface area contributed by atoms with Crippen molar-refractivity contribution >= 4 is 11.9 Å². The number of carbonyl (C=O) groups excluding carboxylic acids is 1. The average Bonchev–Trinajstić information content (AvgIpc) is 2.99. The highest BCUT2D eigenvalue weighted by molar-refractivity contribution is 5.97. The van der Waals surface area contributed by atoms with E-state index >= 15 is 0 Å². The van der Waals surface area contributed by atoms with Crippen molar-refractivity contribution in [1.82, 2.24) is 9.88 Å². The number of aromatic nitrogens is 1. The maximum Gasteiger partial charge on any atom is 0.329 e. The molecular formula is C16H22N2O4. The molecule has 2 rings (SSSR count). The molecule has 120 valence electrons. The first kappa shape index (κ1) is 16.3. The Kier molecular flexibility index (Phi) is 4.68. The van der Waals surface area contributed by atoms with Crippen molar-refractivity contribution < 1.29 is 19.4 Å². The van der Waals surface area contributed by atoms with Crippen molar-refractivity contribution in [2.75, 3.05) is 7.05 Å². The van der Waals surface area contributed by atoms with Gasteiger partial charge in [0.25, 0.3) is 5.91 Å². The lowest BCUT2D eigenvalue weighted by Gasteiger charge is -2.31. The lowest BCUT2D eigenvalue weighted by atomic mass is 10.0. The molecule has 0 radical (unpaired) electrons. The smallest absolute Gasteiger partial charge is 0.329 e. The number of rotatable bonds is 5. The number of pyridine rings is 1. The number of carboxylic acids is 1. The van der Waals surface area contributed by atoms with Crippen LogP contribution in [0.25, 0.3) is 0 Å². The fourth-order valence-electron chi connectivity index (χ4n) is 2.34. The van der Waals surface area contributed by atoms with Gasteiger partial charge in [-0.1, -0.05) is 0 Å². The molecule has 1 heterocycles. The Labute approximate surface area is 130 Å². The van der Waals surface area contributed by atoms with E-state index < -0.39 is 11.5 Å². The highest BCUT2D eigenvalue weighted by atomic mass is 16.5. The molecule has 1 aliphatic carbocycles. The summed E-state index contributed by atoms with van der Waals surface area (Å²) in [7, 11) is 1.47. The van der Waals surface area contributed by atoms with Crippen molar-refractivity contribution in [3.63, 3.8) is 0 Å². The Balaban J connectivity index is 2.06. The van der Waals surface area contributed by atoms with Gasteiger partial charge in [0.05, 0.1) is 5.56 Å². The summed E-state index contributed by atoms with van der Waals surface area (Å²) in [5, 5.41) is 9.18. The van der Waals surface area contributed by atoms with Crippen LogP contribution in [0.2, 0.25) is 0 Å². The topological polar surface area (TPSA) is 79.7 Å². The summed E-state index contributed by atoms with van der Waals surface area (Å²) in [6.07, 6.45) is 6.08. The summed E-state index contributed by atoms with van der Waals surface area (Å²) >= 11 is 0. The predicted octanol–water partition coefficient (Wildman–Crippen LogP) is 2.34. The number of amides is 1. The van der Waals surface area contributed by atoms with Crippen LogP contribution >= 0.6 is 0 Å². The fraction of sp³-hybridized carbons (Fsp3) is 0.562. The molecule has 6 heteroatoms. The third kappa shape index (κ3) is 3.37. The summed E-state index contributed by atoms with van der Waals surface area (Å²) in [4.78, 5) is 28.9. The van der Waals surface area contributed by atoms with Gasteiger partial charge in [0, 0.05) is 19.3 Å². The predicted molar refractivity (Wildman–Crippen MR) is 80.9 cm³/mol. The number of hydrogen-bond donors (Lipinski definition) is 1. The first-order chi connectivity index (χ1) is 10.3. The van der Waals surface area contributed by atoms with Gasteiger partial charge >= 0.3 is 5.97 Å². The molecule has 0 saturated heterocycles. The Morgan fingerprint density at radius 3 is 2.45 bits per heavy atom. The van der Waals surface area contributed by atoms with Crippen LogP contribution in [0.5, 0.6) is 5.88 Å². The van der Waals surface area contributed by atoms with Crippen LogP contribution < -0.4 is 4.74 Å². The van der Waals surface area contributed by atoms with Crippen molar-refractivity contribution in [2.24, 2.45) is 0 Å². The number of hydrogen-bond acceptors (Lipinski definition) is 4. The monoisotopic (exact) mass is 306 g/mol. The second-order valence-corrected chi connectivity index (χ2v) is 6.14. The van der Waals surface area contributed by atoms with Gasteiger partial charge in [-0.15, -0.1) is 0 Å². The molecule has 22 heavy (non-hydrogen) atoms. The summed E-state index contributed by atoms with van der Waals surface area (Å²) in [5.74, 6) is -0.937. The third-order valence-corrected chi connectivity index (χ3v) is 4.24. The first-order valence-electron chi connectivity index (χ1n) is 7.46. The van der Waals surface area contributed by atoms with Gasteiger partial charge in [-0.25, -0.2) is 9.78 Å². The number of aliphatic carboxylic acids is 1. The van der Waals surface area contributed by atoms with E-state index in [1.165, 1.54) is 44.8 Å². The van der Waals surface area contributed by atoms with E-state index in [2.05, 4.69) is 4.98 Å². The van der Waals surface area contributed by atoms with Crippen molar-refractivity contribution in [3.8, 4) is 5.88 Å². The summed E-state index contributed by atoms with van der Waals surface area (Å²) in [6.45, 7) is 2.97. The van der Waals surface area contributed by atoms with E-state index in [1.807, 2.05) is 0 Å². The van der Waals surface area contributed by atoms with Crippen molar-refractivity contribution in [1.29, 1.82) is 0 Å². The average molecular weight is 306 g/mol. The molecule has 1 N–H and O–H groups in total. The Hall–Kier alpha value is -2.11. The minimum Gasteiger partial charge on any atom is -0.480 e. The number of ether oxygens (including phenoxy) is 1. The third-order valence-electron chi connectivity index (χ3n) is 4.24. The first-order valence-corrected chi connectivity index (χ1v) is 7.46. The number of likely N-dealkylation sites (N-methyl/N-ethyl adjacent to an activating group) is 1. The van der Waals surface area contributed by atoms with Crippen LogP contribution in [0.1, 0.15) is 49.9 Å². The van der Waals surface area contributed by atoms with Crippen LogP contribution in [-0.2, 0) is 4.79 Å². The van der Waals surface area contributed by atoms with Crippen LogP contribution in [0, 0.1) is 0 Å². The zero-order valence-corrected chi connectivity index (χ0v) is 13.2. The minimum absolute atomic E-state index is 0.211. The maximum atomic E-state index is 12.3. The van der Waals surface area contributed by atoms with Crippen LogP contribution in [0.3, 0.4) is 0 Å². The van der Waals surface area contributed by atoms with Crippen molar-refractivity contribution in [3.05, 3.63) is 23.9 Å². The molecule has 1 fully saturated rings. The highest BCUT2D eigenvalue weighted by Crippen LogP contribution is 2.23. The molecule has 0 aromatic carbocycles. The molecule has 1 saturated carbocycles. The normalized spacial score (nSPS) is 15.6. The van der Waals surface area contributed by atoms with Crippen molar-refractivity contribution in [2.45, 2.75) is 51.2 Å². The summed E-state index contributed by atoms with van der Waals surface area (Å²) in [6, 6.07) is 3.28. The van der Waals surface area contributed by atoms with Gasteiger partial charge in [-0.05, 0) is 45.6 Å². The maximum absolute atomic E-state index is 12.3. The van der Waals surface area contributed by atoms with Crippen LogP contribution in [-0.4, -0.2) is 45.6 Å². The van der Waals surface area contributed by atoms with Gasteiger partial charge in [0.15, 0.2) is 0 Å². The molecule has 1 aromatic rings. The van der Waals surface area contributed by atoms with E-state index in [-0.39, 0.29) is 12.0 Å². The highest BCUT2D eigenvalue weighted by Gasteiger charge is 2.35. The van der Waals surface area contributed by atoms with E-state index in [1.54, 1.807) is 12.1 Å². The van der Waals surface area contributed by atoms with Gasteiger partial charge < -0.3 is 14.7 Å². The van der Waals surface area contributed by atoms with Gasteiger partial charge in [-0.3, -0.25) is 4.79 Å².